The molecule has 1 rings (SSSR count). The Bertz CT molecular complexity index is 461. The molecule has 0 saturated heterocycles. The monoisotopic (exact) mass is 294 g/mol. The predicted octanol–water partition coefficient (Wildman–Crippen LogP) is 2.05. The third kappa shape index (κ3) is 5.27. The molecule has 0 atom stereocenters. The molecule has 0 heterocycles. The van der Waals surface area contributed by atoms with E-state index in [1.54, 1.807) is 19.1 Å². The van der Waals surface area contributed by atoms with E-state index in [-0.39, 0.29) is 18.6 Å². The molecule has 5 nitrogen and oxygen atoms in total. The second-order valence-corrected chi connectivity index (χ2v) is 5.14. The first-order chi connectivity index (χ1) is 9.99. The quantitative estimate of drug-likeness (QED) is 0.797. The van der Waals surface area contributed by atoms with E-state index in [4.69, 9.17) is 9.47 Å². The van der Waals surface area contributed by atoms with Crippen LogP contribution in [0.5, 0.6) is 11.5 Å². The number of ether oxygens (including phenoxy) is 2. The normalized spacial score (nSPS) is 10.6. The molecule has 0 aliphatic carbocycles. The van der Waals surface area contributed by atoms with E-state index in [0.717, 1.165) is 17.9 Å². The SMILES string of the molecule is CCNCc1ccc(OC)cc1OCC(=O)N(C)C(C)C. The summed E-state index contributed by atoms with van der Waals surface area (Å²) in [5.74, 6) is 1.36. The van der Waals surface area contributed by atoms with Gasteiger partial charge in [0.05, 0.1) is 7.11 Å². The molecule has 118 valence electrons. The summed E-state index contributed by atoms with van der Waals surface area (Å²) >= 11 is 0. The highest BCUT2D eigenvalue weighted by molar-refractivity contribution is 5.77. The van der Waals surface area contributed by atoms with Crippen LogP contribution in [0.1, 0.15) is 26.3 Å². The zero-order valence-corrected chi connectivity index (χ0v) is 13.6. The molecule has 0 fully saturated rings. The third-order valence-electron chi connectivity index (χ3n) is 3.36. The van der Waals surface area contributed by atoms with Gasteiger partial charge in [0.25, 0.3) is 5.91 Å². The van der Waals surface area contributed by atoms with Crippen LogP contribution in [0.2, 0.25) is 0 Å². The molecule has 5 heteroatoms. The molecule has 0 bridgehead atoms. The van der Waals surface area contributed by atoms with E-state index in [2.05, 4.69) is 5.32 Å². The summed E-state index contributed by atoms with van der Waals surface area (Å²) in [5, 5.41) is 3.25. The maximum atomic E-state index is 12.0. The molecule has 21 heavy (non-hydrogen) atoms. The Hall–Kier alpha value is -1.75. The number of hydrogen-bond donors (Lipinski definition) is 1. The van der Waals surface area contributed by atoms with Crippen LogP contribution in [0.25, 0.3) is 0 Å². The summed E-state index contributed by atoms with van der Waals surface area (Å²) in [6.07, 6.45) is 0. The lowest BCUT2D eigenvalue weighted by molar-refractivity contribution is -0.133. The molecule has 0 saturated carbocycles. The summed E-state index contributed by atoms with van der Waals surface area (Å²) in [6, 6.07) is 5.82. The first-order valence-electron chi connectivity index (χ1n) is 7.25. The van der Waals surface area contributed by atoms with E-state index < -0.39 is 0 Å². The average molecular weight is 294 g/mol. The van der Waals surface area contributed by atoms with Gasteiger partial charge in [-0.2, -0.15) is 0 Å². The van der Waals surface area contributed by atoms with Crippen molar-refractivity contribution in [1.29, 1.82) is 0 Å². The van der Waals surface area contributed by atoms with Gasteiger partial charge < -0.3 is 19.7 Å². The highest BCUT2D eigenvalue weighted by atomic mass is 16.5. The van der Waals surface area contributed by atoms with Gasteiger partial charge in [-0.25, -0.2) is 0 Å². The number of nitrogens with one attached hydrogen (secondary N) is 1. The van der Waals surface area contributed by atoms with Gasteiger partial charge in [0.15, 0.2) is 6.61 Å². The number of amides is 1. The molecule has 0 radical (unpaired) electrons. The van der Waals surface area contributed by atoms with Gasteiger partial charge in [-0.3, -0.25) is 4.79 Å². The Morgan fingerprint density at radius 2 is 2.10 bits per heavy atom. The number of likely N-dealkylation sites (N-methyl/N-ethyl adjacent to an activating group) is 1. The van der Waals surface area contributed by atoms with E-state index in [1.165, 1.54) is 0 Å². The standard InChI is InChI=1S/C16H26N2O3/c1-6-17-10-13-7-8-14(20-5)9-15(13)21-11-16(19)18(4)12(2)3/h7-9,12,17H,6,10-11H2,1-5H3. The molecule has 0 spiro atoms. The summed E-state index contributed by atoms with van der Waals surface area (Å²) in [5.41, 5.74) is 1.01. The molecule has 0 aromatic heterocycles. The fraction of sp³-hybridized carbons (Fsp3) is 0.562. The fourth-order valence-corrected chi connectivity index (χ4v) is 1.73. The summed E-state index contributed by atoms with van der Waals surface area (Å²) in [6.45, 7) is 7.59. The van der Waals surface area contributed by atoms with Crippen molar-refractivity contribution in [1.82, 2.24) is 10.2 Å². The highest BCUT2D eigenvalue weighted by Gasteiger charge is 2.14. The van der Waals surface area contributed by atoms with Gasteiger partial charge in [-0.1, -0.05) is 13.0 Å². The van der Waals surface area contributed by atoms with Crippen molar-refractivity contribution >= 4 is 5.91 Å². The van der Waals surface area contributed by atoms with E-state index in [0.29, 0.717) is 12.3 Å². The van der Waals surface area contributed by atoms with Gasteiger partial charge in [0.1, 0.15) is 11.5 Å². The van der Waals surface area contributed by atoms with E-state index in [9.17, 15) is 4.79 Å². The van der Waals surface area contributed by atoms with Crippen LogP contribution in [0.4, 0.5) is 0 Å². The minimum Gasteiger partial charge on any atom is -0.497 e. The second-order valence-electron chi connectivity index (χ2n) is 5.14. The lowest BCUT2D eigenvalue weighted by Gasteiger charge is -2.22. The van der Waals surface area contributed by atoms with Crippen molar-refractivity contribution in [2.45, 2.75) is 33.4 Å². The number of nitrogens with zero attached hydrogens (tertiary/aromatic N) is 1. The number of carbonyl (C=O) groups excluding carboxylic acids is 1. The Labute approximate surface area is 127 Å². The molecular weight excluding hydrogens is 268 g/mol. The van der Waals surface area contributed by atoms with Crippen LogP contribution in [-0.2, 0) is 11.3 Å². The zero-order chi connectivity index (χ0) is 15.8. The van der Waals surface area contributed by atoms with Crippen LogP contribution in [0, 0.1) is 0 Å². The molecule has 1 aromatic rings. The Morgan fingerprint density at radius 1 is 1.38 bits per heavy atom. The summed E-state index contributed by atoms with van der Waals surface area (Å²) < 4.78 is 10.9. The molecule has 1 aromatic carbocycles. The van der Waals surface area contributed by atoms with Gasteiger partial charge >= 0.3 is 0 Å². The fourth-order valence-electron chi connectivity index (χ4n) is 1.73. The first-order valence-corrected chi connectivity index (χ1v) is 7.25. The Balaban J connectivity index is 2.77. The van der Waals surface area contributed by atoms with Gasteiger partial charge in [0.2, 0.25) is 0 Å². The van der Waals surface area contributed by atoms with Crippen LogP contribution >= 0.6 is 0 Å². The lowest BCUT2D eigenvalue weighted by atomic mass is 10.2. The lowest BCUT2D eigenvalue weighted by Crippen LogP contribution is -2.36. The van der Waals surface area contributed by atoms with Gasteiger partial charge in [-0.05, 0) is 26.5 Å². The number of rotatable bonds is 8. The zero-order valence-electron chi connectivity index (χ0n) is 13.6. The molecule has 1 amide bonds. The van der Waals surface area contributed by atoms with Crippen LogP contribution in [0.15, 0.2) is 18.2 Å². The van der Waals surface area contributed by atoms with E-state index in [1.807, 2.05) is 39.0 Å². The number of hydrogen-bond acceptors (Lipinski definition) is 4. The molecular formula is C16H26N2O3. The summed E-state index contributed by atoms with van der Waals surface area (Å²) in [4.78, 5) is 13.7. The summed E-state index contributed by atoms with van der Waals surface area (Å²) in [7, 11) is 3.39. The largest absolute Gasteiger partial charge is 0.497 e. The Morgan fingerprint density at radius 3 is 2.67 bits per heavy atom. The van der Waals surface area contributed by atoms with Crippen LogP contribution in [0.3, 0.4) is 0 Å². The topological polar surface area (TPSA) is 50.8 Å². The number of benzene rings is 1. The average Bonchev–Trinajstić information content (AvgIpc) is 2.49. The van der Waals surface area contributed by atoms with Gasteiger partial charge in [0, 0.05) is 31.3 Å². The van der Waals surface area contributed by atoms with Crippen LogP contribution < -0.4 is 14.8 Å². The minimum absolute atomic E-state index is 0.0287. The smallest absolute Gasteiger partial charge is 0.260 e. The third-order valence-corrected chi connectivity index (χ3v) is 3.36. The van der Waals surface area contributed by atoms with Crippen molar-refractivity contribution in [3.8, 4) is 11.5 Å². The number of carbonyl (C=O) groups is 1. The molecule has 0 aliphatic heterocycles. The van der Waals surface area contributed by atoms with Gasteiger partial charge in [-0.15, -0.1) is 0 Å². The predicted molar refractivity (Wildman–Crippen MR) is 83.8 cm³/mol. The van der Waals surface area contributed by atoms with Crippen LogP contribution in [-0.4, -0.2) is 44.2 Å². The molecule has 0 unspecified atom stereocenters. The highest BCUT2D eigenvalue weighted by Crippen LogP contribution is 2.25. The first kappa shape index (κ1) is 17.3. The molecule has 0 aliphatic rings. The van der Waals surface area contributed by atoms with Crippen molar-refractivity contribution in [3.05, 3.63) is 23.8 Å². The van der Waals surface area contributed by atoms with Crippen molar-refractivity contribution < 1.29 is 14.3 Å². The minimum atomic E-state index is -0.0396. The number of methoxy groups -OCH3 is 1. The molecule has 1 N–H and O–H groups in total. The van der Waals surface area contributed by atoms with Crippen molar-refractivity contribution in [2.75, 3.05) is 27.3 Å². The maximum absolute atomic E-state index is 12.0. The maximum Gasteiger partial charge on any atom is 0.260 e. The van der Waals surface area contributed by atoms with Crippen molar-refractivity contribution in [3.63, 3.8) is 0 Å². The second kappa shape index (κ2) is 8.52. The van der Waals surface area contributed by atoms with Crippen molar-refractivity contribution in [2.24, 2.45) is 0 Å². The van der Waals surface area contributed by atoms with E-state index >= 15 is 0 Å². The Kier molecular flexibility index (Phi) is 7.02.